The summed E-state index contributed by atoms with van der Waals surface area (Å²) in [5.41, 5.74) is 0. The molecule has 1 N–H and O–H groups in total. The van der Waals surface area contributed by atoms with Crippen molar-refractivity contribution in [3.05, 3.63) is 24.1 Å². The Labute approximate surface area is 120 Å². The number of rotatable bonds is 3. The third-order valence-electron chi connectivity index (χ3n) is 3.44. The zero-order valence-electron chi connectivity index (χ0n) is 11.4. The number of β-amino-alcohol motifs (C(OH)–C–C–N with tert-alkyl or cyclic N) is 1. The standard InChI is InChI=1S/C13H17F4N3O/c14-10-3-1-4-18-12(10)20-6-2-5-19(7-8-20)9-11(21)13(15,16)17/h1,3-4,11,21H,2,5-9H2/t11-/m0/s1. The molecule has 0 unspecified atom stereocenters. The number of hydrogen-bond acceptors (Lipinski definition) is 4. The normalized spacial score (nSPS) is 19.4. The zero-order chi connectivity index (χ0) is 15.5. The first kappa shape index (κ1) is 16.0. The molecule has 0 aromatic carbocycles. The average molecular weight is 307 g/mol. The van der Waals surface area contributed by atoms with Crippen LogP contribution in [0.15, 0.2) is 18.3 Å². The van der Waals surface area contributed by atoms with Crippen LogP contribution >= 0.6 is 0 Å². The maximum atomic E-state index is 13.7. The fourth-order valence-corrected chi connectivity index (χ4v) is 2.32. The van der Waals surface area contributed by atoms with E-state index in [1.165, 1.54) is 18.3 Å². The number of nitrogens with zero attached hydrogens (tertiary/aromatic N) is 3. The molecule has 0 aliphatic carbocycles. The van der Waals surface area contributed by atoms with Crippen molar-refractivity contribution in [1.29, 1.82) is 0 Å². The smallest absolute Gasteiger partial charge is 0.382 e. The summed E-state index contributed by atoms with van der Waals surface area (Å²) in [5, 5.41) is 9.10. The van der Waals surface area contributed by atoms with Crippen molar-refractivity contribution in [2.45, 2.75) is 18.7 Å². The van der Waals surface area contributed by atoms with Gasteiger partial charge in [0, 0.05) is 38.9 Å². The Bertz CT molecular complexity index is 469. The van der Waals surface area contributed by atoms with Gasteiger partial charge in [0.2, 0.25) is 0 Å². The van der Waals surface area contributed by atoms with Gasteiger partial charge >= 0.3 is 6.18 Å². The van der Waals surface area contributed by atoms with Crippen molar-refractivity contribution >= 4 is 5.82 Å². The molecular weight excluding hydrogens is 290 g/mol. The summed E-state index contributed by atoms with van der Waals surface area (Å²) in [6.45, 7) is 1.19. The second-order valence-electron chi connectivity index (χ2n) is 5.01. The number of aromatic nitrogens is 1. The van der Waals surface area contributed by atoms with Crippen LogP contribution in [0.3, 0.4) is 0 Å². The van der Waals surface area contributed by atoms with Gasteiger partial charge in [-0.1, -0.05) is 0 Å². The van der Waals surface area contributed by atoms with Crippen molar-refractivity contribution in [1.82, 2.24) is 9.88 Å². The van der Waals surface area contributed by atoms with E-state index < -0.39 is 24.6 Å². The van der Waals surface area contributed by atoms with Crippen LogP contribution in [0.1, 0.15) is 6.42 Å². The van der Waals surface area contributed by atoms with Crippen molar-refractivity contribution in [3.8, 4) is 0 Å². The van der Waals surface area contributed by atoms with Gasteiger partial charge in [0.05, 0.1) is 0 Å². The van der Waals surface area contributed by atoms with Gasteiger partial charge in [0.15, 0.2) is 17.7 Å². The minimum absolute atomic E-state index is 0.218. The van der Waals surface area contributed by atoms with E-state index in [2.05, 4.69) is 4.98 Å². The van der Waals surface area contributed by atoms with Gasteiger partial charge in [-0.3, -0.25) is 4.90 Å². The Morgan fingerprint density at radius 3 is 2.67 bits per heavy atom. The molecule has 1 atom stereocenters. The average Bonchev–Trinajstić information content (AvgIpc) is 2.64. The lowest BCUT2D eigenvalue weighted by Gasteiger charge is -2.25. The second kappa shape index (κ2) is 6.57. The molecule has 4 nitrogen and oxygen atoms in total. The molecule has 2 rings (SSSR count). The third-order valence-corrected chi connectivity index (χ3v) is 3.44. The molecular formula is C13H17F4N3O. The highest BCUT2D eigenvalue weighted by Gasteiger charge is 2.39. The van der Waals surface area contributed by atoms with E-state index in [0.29, 0.717) is 32.6 Å². The van der Waals surface area contributed by atoms with Crippen LogP contribution in [0, 0.1) is 5.82 Å². The van der Waals surface area contributed by atoms with Crippen molar-refractivity contribution < 1.29 is 22.7 Å². The molecule has 8 heteroatoms. The predicted molar refractivity (Wildman–Crippen MR) is 69.5 cm³/mol. The largest absolute Gasteiger partial charge is 0.415 e. The molecule has 21 heavy (non-hydrogen) atoms. The molecule has 118 valence electrons. The molecule has 1 aromatic heterocycles. The number of anilines is 1. The molecule has 0 saturated carbocycles. The Morgan fingerprint density at radius 1 is 1.24 bits per heavy atom. The summed E-state index contributed by atoms with van der Waals surface area (Å²) < 4.78 is 50.7. The van der Waals surface area contributed by atoms with Gasteiger partial charge in [-0.2, -0.15) is 13.2 Å². The summed E-state index contributed by atoms with van der Waals surface area (Å²) in [6, 6.07) is 2.79. The summed E-state index contributed by atoms with van der Waals surface area (Å²) in [6.07, 6.45) is -4.90. The molecule has 0 radical (unpaired) electrons. The van der Waals surface area contributed by atoms with Gasteiger partial charge in [0.25, 0.3) is 0 Å². The number of alkyl halides is 3. The SMILES string of the molecule is O[C@@H](CN1CCCN(c2ncccc2F)CC1)C(F)(F)F. The predicted octanol–water partition coefficient (Wildman–Crippen LogP) is 1.66. The molecule has 0 spiro atoms. The summed E-state index contributed by atoms with van der Waals surface area (Å²) in [4.78, 5) is 7.23. The monoisotopic (exact) mass is 307 g/mol. The first-order valence-electron chi connectivity index (χ1n) is 6.70. The minimum atomic E-state index is -4.61. The molecule has 0 amide bonds. The van der Waals surface area contributed by atoms with Crippen LogP contribution in [0.25, 0.3) is 0 Å². The van der Waals surface area contributed by atoms with Gasteiger partial charge in [-0.25, -0.2) is 9.37 Å². The first-order valence-corrected chi connectivity index (χ1v) is 6.70. The van der Waals surface area contributed by atoms with E-state index >= 15 is 0 Å². The molecule has 1 saturated heterocycles. The van der Waals surface area contributed by atoms with Crippen molar-refractivity contribution in [2.24, 2.45) is 0 Å². The van der Waals surface area contributed by atoms with Crippen molar-refractivity contribution in [3.63, 3.8) is 0 Å². The lowest BCUT2D eigenvalue weighted by molar-refractivity contribution is -0.208. The molecule has 2 heterocycles. The number of aliphatic hydroxyl groups excluding tert-OH is 1. The fraction of sp³-hybridized carbons (Fsp3) is 0.615. The van der Waals surface area contributed by atoms with Gasteiger partial charge < -0.3 is 10.0 Å². The van der Waals surface area contributed by atoms with Crippen LogP contribution in [0.4, 0.5) is 23.4 Å². The number of pyridine rings is 1. The van der Waals surface area contributed by atoms with Crippen LogP contribution < -0.4 is 4.90 Å². The van der Waals surface area contributed by atoms with Gasteiger partial charge in [-0.15, -0.1) is 0 Å². The topological polar surface area (TPSA) is 39.6 Å². The summed E-state index contributed by atoms with van der Waals surface area (Å²) in [5.74, 6) is -0.225. The van der Waals surface area contributed by atoms with E-state index in [1.807, 2.05) is 0 Å². The zero-order valence-corrected chi connectivity index (χ0v) is 11.4. The minimum Gasteiger partial charge on any atom is -0.382 e. The van der Waals surface area contributed by atoms with Gasteiger partial charge in [-0.05, 0) is 18.6 Å². The Kier molecular flexibility index (Phi) is 5.00. The molecule has 1 fully saturated rings. The Morgan fingerprint density at radius 2 is 2.00 bits per heavy atom. The van der Waals surface area contributed by atoms with Crippen molar-refractivity contribution in [2.75, 3.05) is 37.6 Å². The summed E-state index contributed by atoms with van der Waals surface area (Å²) >= 11 is 0. The van der Waals surface area contributed by atoms with Crippen LogP contribution in [0.5, 0.6) is 0 Å². The summed E-state index contributed by atoms with van der Waals surface area (Å²) in [7, 11) is 0. The lowest BCUT2D eigenvalue weighted by Crippen LogP contribution is -2.42. The van der Waals surface area contributed by atoms with E-state index in [-0.39, 0.29) is 5.82 Å². The number of aliphatic hydroxyl groups is 1. The molecule has 1 aromatic rings. The fourth-order valence-electron chi connectivity index (χ4n) is 2.32. The van der Waals surface area contributed by atoms with E-state index in [1.54, 1.807) is 9.80 Å². The van der Waals surface area contributed by atoms with Crippen LogP contribution in [-0.4, -0.2) is 60.0 Å². The Balaban J connectivity index is 1.95. The van der Waals surface area contributed by atoms with E-state index in [4.69, 9.17) is 5.11 Å². The highest BCUT2D eigenvalue weighted by Crippen LogP contribution is 2.22. The van der Waals surface area contributed by atoms with Gasteiger partial charge in [0.1, 0.15) is 0 Å². The first-order chi connectivity index (χ1) is 9.88. The lowest BCUT2D eigenvalue weighted by atomic mass is 10.3. The number of halogens is 4. The molecule has 1 aliphatic rings. The molecule has 1 aliphatic heterocycles. The van der Waals surface area contributed by atoms with Crippen LogP contribution in [0.2, 0.25) is 0 Å². The third kappa shape index (κ3) is 4.28. The Hall–Kier alpha value is -1.41. The van der Waals surface area contributed by atoms with E-state index in [9.17, 15) is 17.6 Å². The quantitative estimate of drug-likeness (QED) is 0.862. The highest BCUT2D eigenvalue weighted by atomic mass is 19.4. The number of hydrogen-bond donors (Lipinski definition) is 1. The van der Waals surface area contributed by atoms with Crippen LogP contribution in [-0.2, 0) is 0 Å². The second-order valence-corrected chi connectivity index (χ2v) is 5.01. The maximum absolute atomic E-state index is 13.7. The highest BCUT2D eigenvalue weighted by molar-refractivity contribution is 5.39. The maximum Gasteiger partial charge on any atom is 0.415 e. The molecule has 0 bridgehead atoms. The van der Waals surface area contributed by atoms with E-state index in [0.717, 1.165) is 0 Å².